The van der Waals surface area contributed by atoms with Crippen LogP contribution in [-0.2, 0) is 11.3 Å². The van der Waals surface area contributed by atoms with Gasteiger partial charge >= 0.3 is 0 Å². The van der Waals surface area contributed by atoms with Gasteiger partial charge in [0.15, 0.2) is 0 Å². The predicted molar refractivity (Wildman–Crippen MR) is 73.7 cm³/mol. The molecule has 1 aliphatic rings. The molecule has 1 atom stereocenters. The maximum atomic E-state index is 11.7. The van der Waals surface area contributed by atoms with Gasteiger partial charge in [-0.25, -0.2) is 10.3 Å². The summed E-state index contributed by atoms with van der Waals surface area (Å²) in [6, 6.07) is 0. The first-order valence-electron chi connectivity index (χ1n) is 7.20. The number of amides is 1. The third kappa shape index (κ3) is 5.42. The van der Waals surface area contributed by atoms with Crippen molar-refractivity contribution < 1.29 is 4.79 Å². The summed E-state index contributed by atoms with van der Waals surface area (Å²) in [4.78, 5) is 15.7. The van der Waals surface area contributed by atoms with Gasteiger partial charge in [0.1, 0.15) is 0 Å². The van der Waals surface area contributed by atoms with Crippen molar-refractivity contribution in [2.45, 2.75) is 38.6 Å². The molecule has 1 N–H and O–H groups in total. The van der Waals surface area contributed by atoms with Crippen LogP contribution < -0.4 is 10.6 Å². The van der Waals surface area contributed by atoms with E-state index in [9.17, 15) is 4.79 Å². The van der Waals surface area contributed by atoms with Gasteiger partial charge in [0.05, 0.1) is 6.33 Å². The number of rotatable bonds is 7. The molecule has 0 aliphatic carbocycles. The molecule has 1 fully saturated rings. The maximum absolute atomic E-state index is 11.7. The number of nitrogens with one attached hydrogen (secondary N) is 1. The number of nitrogens with zero attached hydrogens (tertiary/aromatic N) is 3. The normalized spacial score (nSPS) is 19.3. The van der Waals surface area contributed by atoms with E-state index in [-0.39, 0.29) is 5.91 Å². The Morgan fingerprint density at radius 3 is 3.16 bits per heavy atom. The molecule has 1 aliphatic heterocycles. The molecule has 0 saturated carbocycles. The van der Waals surface area contributed by atoms with Gasteiger partial charge in [-0.3, -0.25) is 4.79 Å². The Morgan fingerprint density at radius 2 is 2.42 bits per heavy atom. The summed E-state index contributed by atoms with van der Waals surface area (Å²) in [5.41, 5.74) is 0. The van der Waals surface area contributed by atoms with Gasteiger partial charge in [-0.05, 0) is 31.6 Å². The third-order valence-electron chi connectivity index (χ3n) is 3.57. The number of hydrogen-bond donors (Lipinski definition) is 1. The Hall–Kier alpha value is -1.36. The number of carbonyl (C=O) groups is 1. The number of aromatic nitrogens is 2. The molecule has 0 spiro atoms. The Bertz CT molecular complexity index is 358. The maximum Gasteiger partial charge on any atom is 0.220 e. The lowest BCUT2D eigenvalue weighted by Crippen LogP contribution is -2.28. The van der Waals surface area contributed by atoms with Crippen LogP contribution in [0.5, 0.6) is 0 Å². The average Bonchev–Trinajstić information content (AvgIpc) is 2.96. The zero-order valence-corrected chi connectivity index (χ0v) is 11.4. The quantitative estimate of drug-likeness (QED) is 0.751. The summed E-state index contributed by atoms with van der Waals surface area (Å²) < 4.78 is 2.02. The van der Waals surface area contributed by atoms with Crippen LogP contribution in [0.15, 0.2) is 18.7 Å². The van der Waals surface area contributed by atoms with E-state index in [2.05, 4.69) is 15.6 Å². The van der Waals surface area contributed by atoms with Crippen molar-refractivity contribution in [1.82, 2.24) is 20.2 Å². The van der Waals surface area contributed by atoms with Crippen molar-refractivity contribution in [3.05, 3.63) is 18.7 Å². The monoisotopic (exact) mass is 263 g/mol. The van der Waals surface area contributed by atoms with Gasteiger partial charge < -0.3 is 9.88 Å². The Morgan fingerprint density at radius 1 is 1.47 bits per heavy atom. The van der Waals surface area contributed by atoms with Gasteiger partial charge in [-0.1, -0.05) is 0 Å². The topological polar surface area (TPSA) is 61.0 Å². The van der Waals surface area contributed by atoms with E-state index >= 15 is 0 Å². The van der Waals surface area contributed by atoms with Crippen molar-refractivity contribution >= 4 is 5.91 Å². The fourth-order valence-electron chi connectivity index (χ4n) is 2.42. The van der Waals surface area contributed by atoms with Gasteiger partial charge in [0.2, 0.25) is 5.91 Å². The smallest absolute Gasteiger partial charge is 0.220 e. The molecular formula is C14H23N4O. The Balaban J connectivity index is 1.49. The number of imidazole rings is 1. The van der Waals surface area contributed by atoms with Crippen molar-refractivity contribution in [1.29, 1.82) is 0 Å². The Kier molecular flexibility index (Phi) is 5.88. The molecular weight excluding hydrogens is 240 g/mol. The summed E-state index contributed by atoms with van der Waals surface area (Å²) in [5.74, 6) is 0.807. The van der Waals surface area contributed by atoms with E-state index in [1.165, 1.54) is 12.8 Å². The summed E-state index contributed by atoms with van der Waals surface area (Å²) in [7, 11) is 0. The minimum absolute atomic E-state index is 0.177. The van der Waals surface area contributed by atoms with Gasteiger partial charge in [-0.2, -0.15) is 0 Å². The highest BCUT2D eigenvalue weighted by Gasteiger charge is 2.14. The highest BCUT2D eigenvalue weighted by atomic mass is 16.1. The minimum Gasteiger partial charge on any atom is -0.356 e. The molecule has 2 rings (SSSR count). The molecule has 1 aromatic rings. The van der Waals surface area contributed by atoms with Crippen molar-refractivity contribution in [2.75, 3.05) is 19.6 Å². The van der Waals surface area contributed by atoms with E-state index in [4.69, 9.17) is 0 Å². The van der Waals surface area contributed by atoms with Crippen LogP contribution in [0.4, 0.5) is 0 Å². The van der Waals surface area contributed by atoms with Gasteiger partial charge in [0, 0.05) is 45.0 Å². The summed E-state index contributed by atoms with van der Waals surface area (Å²) in [5, 5.41) is 7.38. The molecule has 0 bridgehead atoms. The largest absolute Gasteiger partial charge is 0.356 e. The fraction of sp³-hybridized carbons (Fsp3) is 0.714. The first kappa shape index (κ1) is 14.1. The summed E-state index contributed by atoms with van der Waals surface area (Å²) >= 11 is 0. The molecule has 1 amide bonds. The molecule has 105 valence electrons. The second-order valence-corrected chi connectivity index (χ2v) is 5.18. The van der Waals surface area contributed by atoms with E-state index in [1.54, 1.807) is 12.5 Å². The fourth-order valence-corrected chi connectivity index (χ4v) is 2.42. The molecule has 1 saturated heterocycles. The van der Waals surface area contributed by atoms with E-state index in [1.807, 2.05) is 10.8 Å². The zero-order chi connectivity index (χ0) is 13.3. The molecule has 2 heterocycles. The number of carbonyl (C=O) groups excluding carboxylic acids is 1. The van der Waals surface area contributed by atoms with Crippen LogP contribution in [0.3, 0.4) is 0 Å². The van der Waals surface area contributed by atoms with Gasteiger partial charge in [-0.15, -0.1) is 0 Å². The molecule has 1 unspecified atom stereocenters. The molecule has 5 heteroatoms. The Labute approximate surface area is 114 Å². The summed E-state index contributed by atoms with van der Waals surface area (Å²) in [6.45, 7) is 3.61. The molecule has 19 heavy (non-hydrogen) atoms. The highest BCUT2D eigenvalue weighted by molar-refractivity contribution is 5.75. The second kappa shape index (κ2) is 7.94. The lowest BCUT2D eigenvalue weighted by Gasteiger charge is -2.20. The van der Waals surface area contributed by atoms with Crippen LogP contribution in [0.25, 0.3) is 0 Å². The van der Waals surface area contributed by atoms with Crippen LogP contribution in [0.1, 0.15) is 32.1 Å². The number of hydrogen-bond acceptors (Lipinski definition) is 2. The molecule has 5 nitrogen and oxygen atoms in total. The van der Waals surface area contributed by atoms with Crippen molar-refractivity contribution in [3.63, 3.8) is 0 Å². The summed E-state index contributed by atoms with van der Waals surface area (Å²) in [6.07, 6.45) is 10.5. The van der Waals surface area contributed by atoms with Crippen molar-refractivity contribution in [2.24, 2.45) is 5.92 Å². The van der Waals surface area contributed by atoms with E-state index in [0.717, 1.165) is 39.0 Å². The predicted octanol–water partition coefficient (Wildman–Crippen LogP) is 1.18. The highest BCUT2D eigenvalue weighted by Crippen LogP contribution is 2.16. The first-order valence-corrected chi connectivity index (χ1v) is 7.20. The lowest BCUT2D eigenvalue weighted by atomic mass is 9.94. The standard InChI is InChI=1S/C14H23N4O/c19-14(5-4-13-3-1-6-15-11-13)17-7-2-9-18-10-8-16-12-18/h8,10,12-13H,1-7,9,11H2,(H,17,19). The molecule has 0 aromatic carbocycles. The number of piperidine rings is 1. The second-order valence-electron chi connectivity index (χ2n) is 5.18. The molecule has 1 radical (unpaired) electrons. The number of aryl methyl sites for hydroxylation is 1. The van der Waals surface area contributed by atoms with Crippen molar-refractivity contribution in [3.8, 4) is 0 Å². The third-order valence-corrected chi connectivity index (χ3v) is 3.57. The van der Waals surface area contributed by atoms with Crippen LogP contribution in [0.2, 0.25) is 0 Å². The lowest BCUT2D eigenvalue weighted by molar-refractivity contribution is -0.121. The van der Waals surface area contributed by atoms with Crippen LogP contribution in [0, 0.1) is 5.92 Å². The van der Waals surface area contributed by atoms with Crippen LogP contribution >= 0.6 is 0 Å². The average molecular weight is 263 g/mol. The minimum atomic E-state index is 0.177. The van der Waals surface area contributed by atoms with E-state index in [0.29, 0.717) is 12.3 Å². The SMILES string of the molecule is O=C(CCC1CCC[N]C1)NCCCn1ccnc1. The molecule has 1 aromatic heterocycles. The van der Waals surface area contributed by atoms with Gasteiger partial charge in [0.25, 0.3) is 0 Å². The van der Waals surface area contributed by atoms with Crippen LogP contribution in [-0.4, -0.2) is 35.1 Å². The van der Waals surface area contributed by atoms with E-state index < -0.39 is 0 Å². The zero-order valence-electron chi connectivity index (χ0n) is 11.4. The first-order chi connectivity index (χ1) is 9.34.